The number of nitro groups is 1. The van der Waals surface area contributed by atoms with Crippen LogP contribution in [-0.4, -0.2) is 53.7 Å². The molecular weight excluding hydrogens is 462 g/mol. The van der Waals surface area contributed by atoms with Crippen LogP contribution in [0.2, 0.25) is 0 Å². The smallest absolute Gasteiger partial charge is 0.348 e. The van der Waals surface area contributed by atoms with Crippen molar-refractivity contribution in [3.8, 4) is 0 Å². The lowest BCUT2D eigenvalue weighted by Crippen LogP contribution is -2.47. The van der Waals surface area contributed by atoms with Crippen LogP contribution in [0.25, 0.3) is 6.08 Å². The molecule has 2 heterocycles. The number of hydrogen-bond acceptors (Lipinski definition) is 8. The summed E-state index contributed by atoms with van der Waals surface area (Å²) >= 11 is 0. The van der Waals surface area contributed by atoms with Gasteiger partial charge >= 0.3 is 11.9 Å². The van der Waals surface area contributed by atoms with Crippen LogP contribution in [-0.2, 0) is 25.6 Å². The van der Waals surface area contributed by atoms with Gasteiger partial charge in [-0.05, 0) is 36.1 Å². The van der Waals surface area contributed by atoms with Crippen LogP contribution in [0.3, 0.4) is 0 Å². The van der Waals surface area contributed by atoms with Crippen LogP contribution < -0.4 is 4.90 Å². The molecule has 1 saturated carbocycles. The zero-order valence-electron chi connectivity index (χ0n) is 20.1. The topological polar surface area (TPSA) is 102 Å². The number of ether oxygens (including phenoxy) is 2. The number of hydrogen-bond donors (Lipinski definition) is 0. The van der Waals surface area contributed by atoms with Gasteiger partial charge in [0.25, 0.3) is 11.5 Å². The average molecular weight is 492 g/mol. The fourth-order valence-electron chi connectivity index (χ4n) is 5.16. The number of benzene rings is 2. The van der Waals surface area contributed by atoms with Gasteiger partial charge in [0.1, 0.15) is 11.3 Å². The molecule has 0 unspecified atom stereocenters. The molecule has 2 aromatic carbocycles. The zero-order chi connectivity index (χ0) is 25.1. The molecule has 0 bridgehead atoms. The SMILES string of the molecule is O=C1OC2(CCCCC2)OC(=O)C1=Cc1ccc(N2CCN(Cc3ccccc3)CC2)c([N+](=O)[O-])c1. The van der Waals surface area contributed by atoms with Crippen molar-refractivity contribution in [1.29, 1.82) is 0 Å². The van der Waals surface area contributed by atoms with Crippen LogP contribution in [0.15, 0.2) is 54.1 Å². The molecule has 0 atom stereocenters. The molecule has 3 fully saturated rings. The number of carbonyl (C=O) groups is 2. The fourth-order valence-corrected chi connectivity index (χ4v) is 5.16. The number of esters is 2. The second-order valence-corrected chi connectivity index (χ2v) is 9.56. The van der Waals surface area contributed by atoms with Gasteiger partial charge < -0.3 is 14.4 Å². The van der Waals surface area contributed by atoms with Crippen molar-refractivity contribution in [2.75, 3.05) is 31.1 Å². The zero-order valence-corrected chi connectivity index (χ0v) is 20.1. The molecule has 2 aromatic rings. The Labute approximate surface area is 209 Å². The Bertz CT molecular complexity index is 1160. The molecule has 2 aliphatic heterocycles. The van der Waals surface area contributed by atoms with Crippen molar-refractivity contribution in [2.24, 2.45) is 0 Å². The Kier molecular flexibility index (Phi) is 6.73. The van der Waals surface area contributed by atoms with E-state index in [4.69, 9.17) is 9.47 Å². The van der Waals surface area contributed by atoms with E-state index in [1.165, 1.54) is 17.7 Å². The van der Waals surface area contributed by atoms with Crippen LogP contribution in [0.1, 0.15) is 43.2 Å². The molecule has 0 aromatic heterocycles. The lowest BCUT2D eigenvalue weighted by molar-refractivity contribution is -0.384. The Morgan fingerprint density at radius 3 is 2.22 bits per heavy atom. The highest BCUT2D eigenvalue weighted by Crippen LogP contribution is 2.38. The molecule has 5 rings (SSSR count). The predicted molar refractivity (Wildman–Crippen MR) is 133 cm³/mol. The molecule has 36 heavy (non-hydrogen) atoms. The number of anilines is 1. The third-order valence-electron chi connectivity index (χ3n) is 7.08. The minimum absolute atomic E-state index is 0.0674. The first-order chi connectivity index (χ1) is 17.4. The highest BCUT2D eigenvalue weighted by molar-refractivity contribution is 6.19. The van der Waals surface area contributed by atoms with E-state index in [-0.39, 0.29) is 11.3 Å². The summed E-state index contributed by atoms with van der Waals surface area (Å²) in [5, 5.41) is 11.9. The quantitative estimate of drug-likeness (QED) is 0.203. The highest BCUT2D eigenvalue weighted by Gasteiger charge is 2.46. The third kappa shape index (κ3) is 5.11. The molecule has 1 aliphatic carbocycles. The van der Waals surface area contributed by atoms with Gasteiger partial charge in [-0.15, -0.1) is 0 Å². The van der Waals surface area contributed by atoms with Gasteiger partial charge in [-0.2, -0.15) is 0 Å². The summed E-state index contributed by atoms with van der Waals surface area (Å²) in [6, 6.07) is 15.0. The van der Waals surface area contributed by atoms with Crippen molar-refractivity contribution in [3.63, 3.8) is 0 Å². The maximum atomic E-state index is 12.6. The lowest BCUT2D eigenvalue weighted by atomic mass is 9.93. The van der Waals surface area contributed by atoms with E-state index in [2.05, 4.69) is 17.0 Å². The standard InChI is InChI=1S/C27H29N3O6/c31-25-22(26(32)36-27(35-25)11-5-2-6-12-27)17-21-9-10-23(24(18-21)30(33)34)29-15-13-28(14-16-29)19-20-7-3-1-4-8-20/h1,3-4,7-10,17-18H,2,5-6,11-16,19H2. The van der Waals surface area contributed by atoms with Gasteiger partial charge in [-0.25, -0.2) is 9.59 Å². The average Bonchev–Trinajstić information content (AvgIpc) is 2.88. The van der Waals surface area contributed by atoms with Gasteiger partial charge in [0.05, 0.1) is 4.92 Å². The number of rotatable bonds is 5. The van der Waals surface area contributed by atoms with Gasteiger partial charge in [0, 0.05) is 51.6 Å². The van der Waals surface area contributed by atoms with Gasteiger partial charge in [0.15, 0.2) is 0 Å². The monoisotopic (exact) mass is 491 g/mol. The minimum Gasteiger partial charge on any atom is -0.419 e. The molecule has 188 valence electrons. The normalized spacial score (nSPS) is 20.1. The highest BCUT2D eigenvalue weighted by atomic mass is 16.7. The Balaban J connectivity index is 1.30. The van der Waals surface area contributed by atoms with Crippen LogP contribution in [0.5, 0.6) is 0 Å². The molecule has 9 heteroatoms. The Hall–Kier alpha value is -3.72. The molecule has 3 aliphatic rings. The molecular formula is C27H29N3O6. The molecule has 0 amide bonds. The van der Waals surface area contributed by atoms with Gasteiger partial charge in [-0.1, -0.05) is 42.8 Å². The summed E-state index contributed by atoms with van der Waals surface area (Å²) in [6.45, 7) is 3.75. The summed E-state index contributed by atoms with van der Waals surface area (Å²) in [6.07, 6.45) is 4.97. The van der Waals surface area contributed by atoms with Crippen molar-refractivity contribution >= 4 is 29.4 Å². The van der Waals surface area contributed by atoms with E-state index in [0.29, 0.717) is 37.2 Å². The maximum Gasteiger partial charge on any atom is 0.348 e. The minimum atomic E-state index is -1.16. The molecule has 9 nitrogen and oxygen atoms in total. The van der Waals surface area contributed by atoms with Crippen molar-refractivity contribution in [1.82, 2.24) is 4.90 Å². The number of piperazine rings is 1. The summed E-state index contributed by atoms with van der Waals surface area (Å²) in [7, 11) is 0. The van der Waals surface area contributed by atoms with Crippen molar-refractivity contribution in [2.45, 2.75) is 44.4 Å². The molecule has 2 saturated heterocycles. The van der Waals surface area contributed by atoms with Gasteiger partial charge in [-0.3, -0.25) is 15.0 Å². The number of nitrogens with zero attached hydrogens (tertiary/aromatic N) is 3. The molecule has 0 radical (unpaired) electrons. The van der Waals surface area contributed by atoms with E-state index >= 15 is 0 Å². The van der Waals surface area contributed by atoms with Crippen LogP contribution >= 0.6 is 0 Å². The van der Waals surface area contributed by atoms with E-state index < -0.39 is 22.6 Å². The molecule has 0 N–H and O–H groups in total. The second-order valence-electron chi connectivity index (χ2n) is 9.56. The Morgan fingerprint density at radius 1 is 0.917 bits per heavy atom. The third-order valence-corrected chi connectivity index (χ3v) is 7.08. The lowest BCUT2D eigenvalue weighted by Gasteiger charge is -2.38. The predicted octanol–water partition coefficient (Wildman–Crippen LogP) is 4.06. The summed E-state index contributed by atoms with van der Waals surface area (Å²) < 4.78 is 11.0. The van der Waals surface area contributed by atoms with Crippen LogP contribution in [0.4, 0.5) is 11.4 Å². The van der Waals surface area contributed by atoms with E-state index in [1.54, 1.807) is 12.1 Å². The largest absolute Gasteiger partial charge is 0.419 e. The summed E-state index contributed by atoms with van der Waals surface area (Å²) in [5.41, 5.74) is 1.82. The van der Waals surface area contributed by atoms with E-state index in [9.17, 15) is 19.7 Å². The molecule has 1 spiro atoms. The first-order valence-electron chi connectivity index (χ1n) is 12.4. The second kappa shape index (κ2) is 10.1. The van der Waals surface area contributed by atoms with Crippen molar-refractivity contribution in [3.05, 3.63) is 75.3 Å². The van der Waals surface area contributed by atoms with Crippen LogP contribution in [0, 0.1) is 10.1 Å². The first-order valence-corrected chi connectivity index (χ1v) is 12.4. The fraction of sp³-hybridized carbons (Fsp3) is 0.407. The number of carbonyl (C=O) groups excluding carboxylic acids is 2. The number of nitro benzene ring substituents is 1. The van der Waals surface area contributed by atoms with E-state index in [1.807, 2.05) is 23.1 Å². The van der Waals surface area contributed by atoms with Crippen molar-refractivity contribution < 1.29 is 24.0 Å². The van der Waals surface area contributed by atoms with E-state index in [0.717, 1.165) is 38.9 Å². The Morgan fingerprint density at radius 2 is 1.58 bits per heavy atom. The van der Waals surface area contributed by atoms with Gasteiger partial charge in [0.2, 0.25) is 0 Å². The maximum absolute atomic E-state index is 12.6. The summed E-state index contributed by atoms with van der Waals surface area (Å²) in [5.74, 6) is -2.65. The summed E-state index contributed by atoms with van der Waals surface area (Å²) in [4.78, 5) is 41.1. The first kappa shape index (κ1) is 24.0.